The smallest absolute Gasteiger partial charge is 0.303 e. The fourth-order valence-corrected chi connectivity index (χ4v) is 2.79. The Morgan fingerprint density at radius 3 is 2.52 bits per heavy atom. The van der Waals surface area contributed by atoms with Crippen molar-refractivity contribution < 1.29 is 14.7 Å². The van der Waals surface area contributed by atoms with Crippen LogP contribution in [-0.4, -0.2) is 32.8 Å². The average molecular weight is 364 g/mol. The maximum Gasteiger partial charge on any atom is 0.303 e. The number of hydrogen-bond acceptors (Lipinski definition) is 3. The third-order valence-electron chi connectivity index (χ3n) is 4.05. The average Bonchev–Trinajstić information content (AvgIpc) is 2.82. The molecular formula is C18H22ClN3O3. The van der Waals surface area contributed by atoms with Crippen LogP contribution >= 0.6 is 11.6 Å². The first-order valence-corrected chi connectivity index (χ1v) is 8.48. The zero-order chi connectivity index (χ0) is 18.6. The van der Waals surface area contributed by atoms with E-state index in [1.807, 2.05) is 26.0 Å². The van der Waals surface area contributed by atoms with E-state index in [0.29, 0.717) is 11.4 Å². The molecule has 0 fully saturated rings. The molecule has 0 bridgehead atoms. The highest BCUT2D eigenvalue weighted by Gasteiger charge is 2.17. The molecule has 1 atom stereocenters. The lowest BCUT2D eigenvalue weighted by Gasteiger charge is -2.13. The molecule has 2 aromatic rings. The van der Waals surface area contributed by atoms with Gasteiger partial charge in [-0.25, -0.2) is 4.68 Å². The standard InChI is InChI=1S/C18H22ClN3O3/c1-11(4-9-18(24)25)20-17(23)10-16-12(2)21-22(13(16)3)15-7-5-14(19)6-8-15/h5-8,11H,4,9-10H2,1-3H3,(H,20,23)(H,24,25). The minimum absolute atomic E-state index is 0.0357. The Balaban J connectivity index is 2.08. The molecule has 6 nitrogen and oxygen atoms in total. The molecule has 2 N–H and O–H groups in total. The van der Waals surface area contributed by atoms with Gasteiger partial charge in [0, 0.05) is 28.7 Å². The number of carboxylic acid groups (broad SMARTS) is 1. The molecule has 0 saturated heterocycles. The van der Waals surface area contributed by atoms with Gasteiger partial charge in [-0.3, -0.25) is 9.59 Å². The van der Waals surface area contributed by atoms with E-state index in [2.05, 4.69) is 10.4 Å². The Morgan fingerprint density at radius 1 is 1.28 bits per heavy atom. The van der Waals surface area contributed by atoms with Crippen LogP contribution in [0.1, 0.15) is 36.7 Å². The number of hydrogen-bond donors (Lipinski definition) is 2. The van der Waals surface area contributed by atoms with E-state index in [0.717, 1.165) is 22.6 Å². The van der Waals surface area contributed by atoms with Gasteiger partial charge < -0.3 is 10.4 Å². The van der Waals surface area contributed by atoms with Gasteiger partial charge in [0.15, 0.2) is 0 Å². The van der Waals surface area contributed by atoms with Crippen LogP contribution in [0, 0.1) is 13.8 Å². The van der Waals surface area contributed by atoms with Crippen molar-refractivity contribution in [2.24, 2.45) is 0 Å². The maximum atomic E-state index is 12.2. The number of rotatable bonds is 7. The predicted molar refractivity (Wildman–Crippen MR) is 96.2 cm³/mol. The number of nitrogens with one attached hydrogen (secondary N) is 1. The number of aromatic nitrogens is 2. The Hall–Kier alpha value is -2.34. The van der Waals surface area contributed by atoms with Crippen molar-refractivity contribution in [3.8, 4) is 5.69 Å². The molecule has 1 amide bonds. The summed E-state index contributed by atoms with van der Waals surface area (Å²) in [5.74, 6) is -1.00. The Bertz CT molecular complexity index is 769. The Labute approximate surface area is 151 Å². The Kier molecular flexibility index (Phi) is 6.20. The molecule has 1 aromatic heterocycles. The van der Waals surface area contributed by atoms with Gasteiger partial charge in [0.1, 0.15) is 0 Å². The quantitative estimate of drug-likeness (QED) is 0.791. The molecule has 0 radical (unpaired) electrons. The molecule has 0 spiro atoms. The van der Waals surface area contributed by atoms with Crippen LogP contribution in [0.2, 0.25) is 5.02 Å². The van der Waals surface area contributed by atoms with Crippen LogP contribution in [0.4, 0.5) is 0 Å². The van der Waals surface area contributed by atoms with E-state index >= 15 is 0 Å². The molecule has 134 valence electrons. The third-order valence-corrected chi connectivity index (χ3v) is 4.30. The summed E-state index contributed by atoms with van der Waals surface area (Å²) in [6, 6.07) is 7.16. The second kappa shape index (κ2) is 8.16. The zero-order valence-electron chi connectivity index (χ0n) is 14.5. The molecule has 7 heteroatoms. The number of carbonyl (C=O) groups is 2. The third kappa shape index (κ3) is 5.06. The summed E-state index contributed by atoms with van der Waals surface area (Å²) in [7, 11) is 0. The molecule has 1 heterocycles. The molecular weight excluding hydrogens is 342 g/mol. The van der Waals surface area contributed by atoms with Crippen molar-refractivity contribution in [1.82, 2.24) is 15.1 Å². The molecule has 1 aromatic carbocycles. The highest BCUT2D eigenvalue weighted by Crippen LogP contribution is 2.20. The van der Waals surface area contributed by atoms with Gasteiger partial charge in [0.25, 0.3) is 0 Å². The summed E-state index contributed by atoms with van der Waals surface area (Å²) in [4.78, 5) is 22.8. The van der Waals surface area contributed by atoms with Crippen molar-refractivity contribution in [2.45, 2.75) is 46.1 Å². The van der Waals surface area contributed by atoms with E-state index in [-0.39, 0.29) is 24.8 Å². The SMILES string of the molecule is Cc1nn(-c2ccc(Cl)cc2)c(C)c1CC(=O)NC(C)CCC(=O)O. The largest absolute Gasteiger partial charge is 0.481 e. The Morgan fingerprint density at radius 2 is 1.92 bits per heavy atom. The molecule has 0 saturated carbocycles. The maximum absolute atomic E-state index is 12.2. The highest BCUT2D eigenvalue weighted by molar-refractivity contribution is 6.30. The van der Waals surface area contributed by atoms with E-state index in [4.69, 9.17) is 16.7 Å². The predicted octanol–water partition coefficient (Wildman–Crippen LogP) is 3.05. The lowest BCUT2D eigenvalue weighted by atomic mass is 10.1. The van der Waals surface area contributed by atoms with Crippen LogP contribution in [0.5, 0.6) is 0 Å². The van der Waals surface area contributed by atoms with Crippen molar-refractivity contribution >= 4 is 23.5 Å². The van der Waals surface area contributed by atoms with E-state index in [9.17, 15) is 9.59 Å². The minimum atomic E-state index is -0.864. The normalized spacial score (nSPS) is 12.0. The highest BCUT2D eigenvalue weighted by atomic mass is 35.5. The summed E-state index contributed by atoms with van der Waals surface area (Å²) in [6.45, 7) is 5.60. The van der Waals surface area contributed by atoms with Crippen LogP contribution < -0.4 is 5.32 Å². The summed E-state index contributed by atoms with van der Waals surface area (Å²) in [6.07, 6.45) is 0.653. The molecule has 2 rings (SSSR count). The van der Waals surface area contributed by atoms with Gasteiger partial charge in [0.2, 0.25) is 5.91 Å². The van der Waals surface area contributed by atoms with Crippen molar-refractivity contribution in [2.75, 3.05) is 0 Å². The number of carboxylic acids is 1. The first-order chi connectivity index (χ1) is 11.8. The summed E-state index contributed by atoms with van der Waals surface area (Å²) in [5.41, 5.74) is 3.44. The van der Waals surface area contributed by atoms with E-state index in [1.54, 1.807) is 23.7 Å². The van der Waals surface area contributed by atoms with Crippen LogP contribution in [-0.2, 0) is 16.0 Å². The van der Waals surface area contributed by atoms with Crippen LogP contribution in [0.3, 0.4) is 0 Å². The number of aryl methyl sites for hydroxylation is 1. The molecule has 0 aliphatic rings. The number of halogens is 1. The molecule has 0 aliphatic heterocycles. The fraction of sp³-hybridized carbons (Fsp3) is 0.389. The zero-order valence-corrected chi connectivity index (χ0v) is 15.3. The second-order valence-corrected chi connectivity index (χ2v) is 6.55. The monoisotopic (exact) mass is 363 g/mol. The number of nitrogens with zero attached hydrogens (tertiary/aromatic N) is 2. The first kappa shape index (κ1) is 19.0. The topological polar surface area (TPSA) is 84.2 Å². The molecule has 1 unspecified atom stereocenters. The number of carbonyl (C=O) groups excluding carboxylic acids is 1. The van der Waals surface area contributed by atoms with Gasteiger partial charge in [0.05, 0.1) is 17.8 Å². The summed E-state index contributed by atoms with van der Waals surface area (Å²) >= 11 is 5.92. The molecule has 25 heavy (non-hydrogen) atoms. The number of benzene rings is 1. The lowest BCUT2D eigenvalue weighted by Crippen LogP contribution is -2.34. The first-order valence-electron chi connectivity index (χ1n) is 8.10. The number of amides is 1. The van der Waals surface area contributed by atoms with Gasteiger partial charge in [-0.2, -0.15) is 5.10 Å². The second-order valence-electron chi connectivity index (χ2n) is 6.12. The van der Waals surface area contributed by atoms with Gasteiger partial charge in [-0.15, -0.1) is 0 Å². The van der Waals surface area contributed by atoms with Crippen molar-refractivity contribution in [3.05, 3.63) is 46.2 Å². The van der Waals surface area contributed by atoms with Crippen molar-refractivity contribution in [1.29, 1.82) is 0 Å². The summed E-state index contributed by atoms with van der Waals surface area (Å²) < 4.78 is 1.79. The molecule has 0 aliphatic carbocycles. The lowest BCUT2D eigenvalue weighted by molar-refractivity contribution is -0.137. The van der Waals surface area contributed by atoms with Gasteiger partial charge in [-0.05, 0) is 51.5 Å². The van der Waals surface area contributed by atoms with Gasteiger partial charge in [-0.1, -0.05) is 11.6 Å². The number of aliphatic carboxylic acids is 1. The van der Waals surface area contributed by atoms with Crippen LogP contribution in [0.25, 0.3) is 5.69 Å². The van der Waals surface area contributed by atoms with E-state index in [1.165, 1.54) is 0 Å². The fourth-order valence-electron chi connectivity index (χ4n) is 2.66. The van der Waals surface area contributed by atoms with Gasteiger partial charge >= 0.3 is 5.97 Å². The van der Waals surface area contributed by atoms with E-state index < -0.39 is 5.97 Å². The van der Waals surface area contributed by atoms with Crippen molar-refractivity contribution in [3.63, 3.8) is 0 Å². The minimum Gasteiger partial charge on any atom is -0.481 e. The summed E-state index contributed by atoms with van der Waals surface area (Å²) in [5, 5.41) is 16.7. The van der Waals surface area contributed by atoms with Crippen LogP contribution in [0.15, 0.2) is 24.3 Å².